The number of aliphatic carboxylic acids is 1. The molecule has 16 heavy (non-hydrogen) atoms. The molecular formula is C9H10N2O5. The van der Waals surface area contributed by atoms with Gasteiger partial charge in [-0.3, -0.25) is 10.1 Å². The molecule has 0 aromatic heterocycles. The zero-order valence-corrected chi connectivity index (χ0v) is 8.16. The number of carboxylic acid groups (broad SMARTS) is 1. The van der Waals surface area contributed by atoms with Crippen molar-refractivity contribution < 1.29 is 19.9 Å². The highest BCUT2D eigenvalue weighted by Gasteiger charge is 2.16. The summed E-state index contributed by atoms with van der Waals surface area (Å²) in [4.78, 5) is 20.5. The maximum atomic E-state index is 10.6. The van der Waals surface area contributed by atoms with E-state index in [0.29, 0.717) is 0 Å². The van der Waals surface area contributed by atoms with E-state index in [1.807, 2.05) is 0 Å². The van der Waals surface area contributed by atoms with Crippen LogP contribution in [0, 0.1) is 10.1 Å². The highest BCUT2D eigenvalue weighted by Crippen LogP contribution is 2.17. The van der Waals surface area contributed by atoms with Gasteiger partial charge in [-0.25, -0.2) is 4.79 Å². The number of aliphatic hydroxyl groups excluding tert-OH is 1. The van der Waals surface area contributed by atoms with E-state index in [1.165, 1.54) is 24.3 Å². The van der Waals surface area contributed by atoms with Gasteiger partial charge >= 0.3 is 5.97 Å². The van der Waals surface area contributed by atoms with Gasteiger partial charge in [-0.15, -0.1) is 0 Å². The molecule has 0 heterocycles. The third-order valence-electron chi connectivity index (χ3n) is 1.88. The predicted octanol–water partition coefficient (Wildman–Crippen LogP) is 0.452. The summed E-state index contributed by atoms with van der Waals surface area (Å²) in [5.74, 6) is -1.23. The standard InChI is InChI=1S/C9H10N2O5/c12-5-8(9(13)14)10-6-2-1-3-7(4-6)11(15)16/h1-4,8,10,12H,5H2,(H,13,14)/t8-/m0/s1. The van der Waals surface area contributed by atoms with Crippen molar-refractivity contribution >= 4 is 17.3 Å². The zero-order chi connectivity index (χ0) is 12.1. The molecule has 7 heteroatoms. The highest BCUT2D eigenvalue weighted by atomic mass is 16.6. The fourth-order valence-electron chi connectivity index (χ4n) is 1.10. The van der Waals surface area contributed by atoms with E-state index in [2.05, 4.69) is 5.32 Å². The molecule has 0 bridgehead atoms. The number of carbonyl (C=O) groups is 1. The van der Waals surface area contributed by atoms with Crippen molar-refractivity contribution in [2.75, 3.05) is 11.9 Å². The molecule has 86 valence electrons. The minimum absolute atomic E-state index is 0.146. The van der Waals surface area contributed by atoms with Crippen molar-refractivity contribution in [3.05, 3.63) is 34.4 Å². The van der Waals surface area contributed by atoms with Crippen molar-refractivity contribution in [3.8, 4) is 0 Å². The van der Waals surface area contributed by atoms with Gasteiger partial charge in [-0.2, -0.15) is 0 Å². The average Bonchev–Trinajstić information content (AvgIpc) is 2.25. The summed E-state index contributed by atoms with van der Waals surface area (Å²) in [5, 5.41) is 30.3. The lowest BCUT2D eigenvalue weighted by molar-refractivity contribution is -0.384. The quantitative estimate of drug-likeness (QED) is 0.496. The molecule has 0 radical (unpaired) electrons. The second-order valence-corrected chi connectivity index (χ2v) is 3.03. The van der Waals surface area contributed by atoms with Crippen LogP contribution in [0.3, 0.4) is 0 Å². The topological polar surface area (TPSA) is 113 Å². The van der Waals surface area contributed by atoms with Crippen LogP contribution in [-0.2, 0) is 4.79 Å². The Labute approximate surface area is 90.5 Å². The van der Waals surface area contributed by atoms with Gasteiger partial charge in [0.15, 0.2) is 0 Å². The minimum atomic E-state index is -1.23. The summed E-state index contributed by atoms with van der Waals surface area (Å²) >= 11 is 0. The fraction of sp³-hybridized carbons (Fsp3) is 0.222. The number of nitrogens with one attached hydrogen (secondary N) is 1. The summed E-state index contributed by atoms with van der Waals surface area (Å²) in [6, 6.07) is 4.22. The second-order valence-electron chi connectivity index (χ2n) is 3.03. The van der Waals surface area contributed by atoms with Crippen LogP contribution in [0.5, 0.6) is 0 Å². The Morgan fingerprint density at radius 1 is 1.56 bits per heavy atom. The Hall–Kier alpha value is -2.15. The minimum Gasteiger partial charge on any atom is -0.480 e. The molecule has 0 spiro atoms. The molecule has 0 fully saturated rings. The molecule has 1 atom stereocenters. The van der Waals surface area contributed by atoms with Gasteiger partial charge < -0.3 is 15.5 Å². The van der Waals surface area contributed by atoms with Crippen LogP contribution >= 0.6 is 0 Å². The van der Waals surface area contributed by atoms with Gasteiger partial charge in [0.2, 0.25) is 0 Å². The normalized spacial score (nSPS) is 11.8. The first kappa shape index (κ1) is 11.9. The third kappa shape index (κ3) is 2.92. The van der Waals surface area contributed by atoms with E-state index in [-0.39, 0.29) is 11.4 Å². The van der Waals surface area contributed by atoms with Gasteiger partial charge in [0.05, 0.1) is 11.5 Å². The lowest BCUT2D eigenvalue weighted by Gasteiger charge is -2.12. The number of benzene rings is 1. The number of non-ortho nitro benzene ring substituents is 1. The maximum Gasteiger partial charge on any atom is 0.328 e. The number of nitrogens with zero attached hydrogens (tertiary/aromatic N) is 1. The van der Waals surface area contributed by atoms with Gasteiger partial charge in [-0.1, -0.05) is 6.07 Å². The Kier molecular flexibility index (Phi) is 3.78. The fourth-order valence-corrected chi connectivity index (χ4v) is 1.10. The van der Waals surface area contributed by atoms with Crippen molar-refractivity contribution in [1.29, 1.82) is 0 Å². The molecule has 1 rings (SSSR count). The molecule has 0 aliphatic rings. The molecule has 0 unspecified atom stereocenters. The zero-order valence-electron chi connectivity index (χ0n) is 8.16. The third-order valence-corrected chi connectivity index (χ3v) is 1.88. The number of hydrogen-bond donors (Lipinski definition) is 3. The van der Waals surface area contributed by atoms with E-state index < -0.39 is 23.5 Å². The smallest absolute Gasteiger partial charge is 0.328 e. The van der Waals surface area contributed by atoms with E-state index in [1.54, 1.807) is 0 Å². The molecule has 3 N–H and O–H groups in total. The predicted molar refractivity (Wildman–Crippen MR) is 55.2 cm³/mol. The number of anilines is 1. The van der Waals surface area contributed by atoms with Crippen molar-refractivity contribution in [1.82, 2.24) is 0 Å². The molecule has 1 aromatic rings. The van der Waals surface area contributed by atoms with E-state index in [4.69, 9.17) is 10.2 Å². The molecule has 0 aliphatic heterocycles. The van der Waals surface area contributed by atoms with Crippen LogP contribution in [0.1, 0.15) is 0 Å². The van der Waals surface area contributed by atoms with Gasteiger partial charge in [-0.05, 0) is 6.07 Å². The van der Waals surface area contributed by atoms with Gasteiger partial charge in [0.1, 0.15) is 6.04 Å². The molecule has 0 amide bonds. The maximum absolute atomic E-state index is 10.6. The molecule has 0 saturated carbocycles. The lowest BCUT2D eigenvalue weighted by atomic mass is 10.2. The van der Waals surface area contributed by atoms with E-state index in [0.717, 1.165) is 0 Å². The average molecular weight is 226 g/mol. The Morgan fingerprint density at radius 2 is 2.25 bits per heavy atom. The molecular weight excluding hydrogens is 216 g/mol. The Balaban J connectivity index is 2.84. The largest absolute Gasteiger partial charge is 0.480 e. The van der Waals surface area contributed by atoms with Crippen molar-refractivity contribution in [2.24, 2.45) is 0 Å². The van der Waals surface area contributed by atoms with Crippen LogP contribution in [-0.4, -0.2) is 33.8 Å². The molecule has 0 aliphatic carbocycles. The first-order valence-corrected chi connectivity index (χ1v) is 4.39. The van der Waals surface area contributed by atoms with Crippen LogP contribution in [0.2, 0.25) is 0 Å². The number of hydrogen-bond acceptors (Lipinski definition) is 5. The summed E-state index contributed by atoms with van der Waals surface area (Å²) in [7, 11) is 0. The number of nitro groups is 1. The number of nitro benzene ring substituents is 1. The monoisotopic (exact) mass is 226 g/mol. The highest BCUT2D eigenvalue weighted by molar-refractivity contribution is 5.77. The summed E-state index contributed by atoms with van der Waals surface area (Å²) in [6.45, 7) is -0.599. The molecule has 0 saturated heterocycles. The summed E-state index contributed by atoms with van der Waals surface area (Å²) in [6.07, 6.45) is 0. The summed E-state index contributed by atoms with van der Waals surface area (Å²) in [5.41, 5.74) is 0.128. The van der Waals surface area contributed by atoms with Gasteiger partial charge in [0.25, 0.3) is 5.69 Å². The Morgan fingerprint density at radius 3 is 2.75 bits per heavy atom. The van der Waals surface area contributed by atoms with Crippen LogP contribution in [0.25, 0.3) is 0 Å². The van der Waals surface area contributed by atoms with E-state index >= 15 is 0 Å². The van der Waals surface area contributed by atoms with E-state index in [9.17, 15) is 14.9 Å². The van der Waals surface area contributed by atoms with Gasteiger partial charge in [0, 0.05) is 17.8 Å². The summed E-state index contributed by atoms with van der Waals surface area (Å²) < 4.78 is 0. The van der Waals surface area contributed by atoms with Crippen LogP contribution in [0.4, 0.5) is 11.4 Å². The number of aliphatic hydroxyl groups is 1. The van der Waals surface area contributed by atoms with Crippen molar-refractivity contribution in [2.45, 2.75) is 6.04 Å². The molecule has 1 aromatic carbocycles. The lowest BCUT2D eigenvalue weighted by Crippen LogP contribution is -2.32. The first-order chi connectivity index (χ1) is 7.54. The second kappa shape index (κ2) is 5.08. The van der Waals surface area contributed by atoms with Crippen LogP contribution < -0.4 is 5.32 Å². The Bertz CT molecular complexity index is 407. The molecule has 7 nitrogen and oxygen atoms in total. The number of carboxylic acids is 1. The van der Waals surface area contributed by atoms with Crippen LogP contribution in [0.15, 0.2) is 24.3 Å². The first-order valence-electron chi connectivity index (χ1n) is 4.39. The van der Waals surface area contributed by atoms with Crippen molar-refractivity contribution in [3.63, 3.8) is 0 Å². The number of rotatable bonds is 5. The SMILES string of the molecule is O=C(O)[C@H](CO)Nc1cccc([N+](=O)[O-])c1.